The molecule has 4 heteroatoms. The Labute approximate surface area is 147 Å². The fraction of sp³-hybridized carbons (Fsp3) is 0.250. The molecule has 0 aliphatic rings. The predicted molar refractivity (Wildman–Crippen MR) is 104 cm³/mol. The van der Waals surface area contributed by atoms with Gasteiger partial charge in [-0.1, -0.05) is 75.7 Å². The molecule has 3 aromatic rings. The lowest BCUT2D eigenvalue weighted by Gasteiger charge is -2.08. The van der Waals surface area contributed by atoms with E-state index >= 15 is 0 Å². The number of nitrogens with one attached hydrogen (secondary N) is 1. The Hall–Kier alpha value is -2.10. The maximum Gasteiger partial charge on any atom is 0.190 e. The summed E-state index contributed by atoms with van der Waals surface area (Å²) >= 11 is 6.24. The average Bonchev–Trinajstić information content (AvgIpc) is 2.66. The molecule has 2 aromatic carbocycles. The van der Waals surface area contributed by atoms with Gasteiger partial charge in [-0.05, 0) is 17.2 Å². The third kappa shape index (κ3) is 4.25. The van der Waals surface area contributed by atoms with E-state index < -0.39 is 0 Å². The van der Waals surface area contributed by atoms with Gasteiger partial charge in [-0.25, -0.2) is 0 Å². The van der Waals surface area contributed by atoms with Gasteiger partial charge in [0.15, 0.2) is 5.43 Å². The fourth-order valence-corrected chi connectivity index (χ4v) is 2.49. The molecule has 1 heterocycles. The Bertz CT molecular complexity index is 826. The highest BCUT2D eigenvalue weighted by Gasteiger charge is 2.10. The largest absolute Gasteiger partial charge is 0.392 e. The molecule has 0 radical (unpaired) electrons. The summed E-state index contributed by atoms with van der Waals surface area (Å²) in [4.78, 5) is 15.4. The molecule has 3 nitrogen and oxygen atoms in total. The zero-order valence-corrected chi connectivity index (χ0v) is 15.3. The van der Waals surface area contributed by atoms with Crippen molar-refractivity contribution in [2.45, 2.75) is 34.3 Å². The minimum Gasteiger partial charge on any atom is -0.392 e. The molecule has 2 N–H and O–H groups in total. The van der Waals surface area contributed by atoms with E-state index in [4.69, 9.17) is 11.6 Å². The van der Waals surface area contributed by atoms with E-state index in [1.54, 1.807) is 18.2 Å². The highest BCUT2D eigenvalue weighted by molar-refractivity contribution is 6.35. The number of fused-ring (bicyclic) bond motifs is 1. The SMILES string of the molecule is CC.CC.O=c1cc(-c2ccccc2)[nH]c2c(Cl)c(CO)ccc12. The van der Waals surface area contributed by atoms with Gasteiger partial charge in [0.1, 0.15) is 0 Å². The summed E-state index contributed by atoms with van der Waals surface area (Å²) in [5.74, 6) is 0. The Morgan fingerprint density at radius 3 is 2.21 bits per heavy atom. The van der Waals surface area contributed by atoms with Gasteiger partial charge < -0.3 is 10.1 Å². The lowest BCUT2D eigenvalue weighted by Crippen LogP contribution is -2.04. The summed E-state index contributed by atoms with van der Waals surface area (Å²) in [5, 5.41) is 10.2. The lowest BCUT2D eigenvalue weighted by molar-refractivity contribution is 0.282. The van der Waals surface area contributed by atoms with Crippen molar-refractivity contribution in [3.05, 3.63) is 69.3 Å². The van der Waals surface area contributed by atoms with E-state index in [2.05, 4.69) is 4.98 Å². The minimum absolute atomic E-state index is 0.0935. The minimum atomic E-state index is -0.160. The second-order valence-electron chi connectivity index (χ2n) is 4.53. The first-order valence-electron chi connectivity index (χ1n) is 8.21. The summed E-state index contributed by atoms with van der Waals surface area (Å²) in [5.41, 5.74) is 2.69. The van der Waals surface area contributed by atoms with Crippen LogP contribution in [0.2, 0.25) is 5.02 Å². The summed E-state index contributed by atoms with van der Waals surface area (Å²) in [6, 6.07) is 14.5. The number of aromatic nitrogens is 1. The van der Waals surface area contributed by atoms with E-state index in [0.29, 0.717) is 27.2 Å². The molecule has 1 aromatic heterocycles. The van der Waals surface area contributed by atoms with Gasteiger partial charge in [0.2, 0.25) is 0 Å². The van der Waals surface area contributed by atoms with Crippen molar-refractivity contribution in [2.24, 2.45) is 0 Å². The van der Waals surface area contributed by atoms with Crippen LogP contribution < -0.4 is 5.43 Å². The van der Waals surface area contributed by atoms with Crippen molar-refractivity contribution in [3.8, 4) is 11.3 Å². The number of aromatic amines is 1. The molecular weight excluding hydrogens is 322 g/mol. The van der Waals surface area contributed by atoms with Gasteiger partial charge in [0, 0.05) is 17.1 Å². The molecular formula is C20H24ClNO2. The van der Waals surface area contributed by atoms with Crippen molar-refractivity contribution in [2.75, 3.05) is 0 Å². The Morgan fingerprint density at radius 2 is 1.62 bits per heavy atom. The van der Waals surface area contributed by atoms with Gasteiger partial charge in [-0.3, -0.25) is 4.79 Å². The van der Waals surface area contributed by atoms with Gasteiger partial charge in [0.25, 0.3) is 0 Å². The maximum atomic E-state index is 12.2. The predicted octanol–water partition coefficient (Wildman–Crippen LogP) is 5.39. The van der Waals surface area contributed by atoms with Crippen LogP contribution in [0.3, 0.4) is 0 Å². The number of hydrogen-bond acceptors (Lipinski definition) is 2. The van der Waals surface area contributed by atoms with Gasteiger partial charge in [-0.15, -0.1) is 0 Å². The van der Waals surface area contributed by atoms with Crippen LogP contribution in [0.4, 0.5) is 0 Å². The van der Waals surface area contributed by atoms with E-state index in [1.165, 1.54) is 0 Å². The zero-order chi connectivity index (χ0) is 18.1. The lowest BCUT2D eigenvalue weighted by atomic mass is 10.1. The first-order valence-corrected chi connectivity index (χ1v) is 8.59. The molecule has 0 aliphatic heterocycles. The standard InChI is InChI=1S/C16H12ClNO2.2C2H6/c17-15-11(9-19)6-7-12-14(20)8-13(18-16(12)15)10-4-2-1-3-5-10;2*1-2/h1-8,19H,9H2,(H,18,20);2*1-2H3. The number of pyridine rings is 1. The molecule has 0 bridgehead atoms. The number of aliphatic hydroxyl groups excluding tert-OH is 1. The van der Waals surface area contributed by atoms with E-state index in [1.807, 2.05) is 58.0 Å². The number of halogens is 1. The van der Waals surface area contributed by atoms with Gasteiger partial charge >= 0.3 is 0 Å². The maximum absolute atomic E-state index is 12.2. The van der Waals surface area contributed by atoms with Gasteiger partial charge in [-0.2, -0.15) is 0 Å². The van der Waals surface area contributed by atoms with Crippen LogP contribution in [-0.2, 0) is 6.61 Å². The number of benzene rings is 2. The van der Waals surface area contributed by atoms with Crippen LogP contribution in [0, 0.1) is 0 Å². The number of H-pyrrole nitrogens is 1. The van der Waals surface area contributed by atoms with Crippen LogP contribution >= 0.6 is 11.6 Å². The molecule has 3 rings (SSSR count). The molecule has 0 saturated heterocycles. The highest BCUT2D eigenvalue weighted by Crippen LogP contribution is 2.26. The molecule has 24 heavy (non-hydrogen) atoms. The summed E-state index contributed by atoms with van der Waals surface area (Å²) in [7, 11) is 0. The van der Waals surface area contributed by atoms with E-state index in [9.17, 15) is 9.90 Å². The summed E-state index contributed by atoms with van der Waals surface area (Å²) in [6.07, 6.45) is 0. The zero-order valence-electron chi connectivity index (χ0n) is 14.6. The molecule has 0 amide bonds. The number of hydrogen-bond donors (Lipinski definition) is 2. The molecule has 0 unspecified atom stereocenters. The quantitative estimate of drug-likeness (QED) is 0.654. The average molecular weight is 346 g/mol. The first-order chi connectivity index (χ1) is 11.7. The third-order valence-electron chi connectivity index (χ3n) is 3.28. The van der Waals surface area contributed by atoms with Crippen LogP contribution in [0.25, 0.3) is 22.2 Å². The van der Waals surface area contributed by atoms with Crippen molar-refractivity contribution in [1.29, 1.82) is 0 Å². The number of aliphatic hydroxyl groups is 1. The summed E-state index contributed by atoms with van der Waals surface area (Å²) < 4.78 is 0. The fourth-order valence-electron chi connectivity index (χ4n) is 2.22. The van der Waals surface area contributed by atoms with Crippen molar-refractivity contribution < 1.29 is 5.11 Å². The topological polar surface area (TPSA) is 53.1 Å². The molecule has 128 valence electrons. The smallest absolute Gasteiger partial charge is 0.190 e. The monoisotopic (exact) mass is 345 g/mol. The van der Waals surface area contributed by atoms with Crippen molar-refractivity contribution in [3.63, 3.8) is 0 Å². The normalized spacial score (nSPS) is 9.58. The first kappa shape index (κ1) is 19.9. The summed E-state index contributed by atoms with van der Waals surface area (Å²) in [6.45, 7) is 7.84. The molecule has 0 aliphatic carbocycles. The Morgan fingerprint density at radius 1 is 1.00 bits per heavy atom. The third-order valence-corrected chi connectivity index (χ3v) is 3.71. The Kier molecular flexibility index (Phi) is 8.24. The molecule has 0 saturated carbocycles. The number of rotatable bonds is 2. The molecule has 0 spiro atoms. The molecule has 0 atom stereocenters. The Balaban J connectivity index is 0.000000671. The second kappa shape index (κ2) is 9.91. The van der Waals surface area contributed by atoms with Crippen LogP contribution in [0.15, 0.2) is 53.3 Å². The molecule has 0 fully saturated rings. The van der Waals surface area contributed by atoms with E-state index in [-0.39, 0.29) is 12.0 Å². The highest BCUT2D eigenvalue weighted by atomic mass is 35.5. The van der Waals surface area contributed by atoms with Crippen molar-refractivity contribution in [1.82, 2.24) is 4.98 Å². The second-order valence-corrected chi connectivity index (χ2v) is 4.91. The van der Waals surface area contributed by atoms with Crippen LogP contribution in [0.5, 0.6) is 0 Å². The van der Waals surface area contributed by atoms with Crippen LogP contribution in [0.1, 0.15) is 33.3 Å². The van der Waals surface area contributed by atoms with Crippen molar-refractivity contribution >= 4 is 22.5 Å². The van der Waals surface area contributed by atoms with E-state index in [0.717, 1.165) is 5.56 Å². The van der Waals surface area contributed by atoms with Gasteiger partial charge in [0.05, 0.1) is 17.1 Å². The van der Waals surface area contributed by atoms with Crippen LogP contribution in [-0.4, -0.2) is 10.1 Å².